The summed E-state index contributed by atoms with van der Waals surface area (Å²) < 4.78 is 0. The van der Waals surface area contributed by atoms with Gasteiger partial charge in [-0.15, -0.1) is 0 Å². The summed E-state index contributed by atoms with van der Waals surface area (Å²) in [6, 6.07) is 21.1. The number of benzene rings is 2. The van der Waals surface area contributed by atoms with Gasteiger partial charge in [0.05, 0.1) is 0 Å². The van der Waals surface area contributed by atoms with Crippen LogP contribution in [0.25, 0.3) is 11.4 Å². The van der Waals surface area contributed by atoms with E-state index >= 15 is 0 Å². The fraction of sp³-hybridized carbons (Fsp3) is 0.261. The second-order valence-corrected chi connectivity index (χ2v) is 7.31. The third kappa shape index (κ3) is 4.19. The van der Waals surface area contributed by atoms with E-state index in [0.29, 0.717) is 17.4 Å². The number of carbonyl (C=O) groups excluding carboxylic acids is 1. The number of hydrogen-bond acceptors (Lipinski definition) is 4. The molecule has 1 fully saturated rings. The Labute approximate surface area is 165 Å². The fourth-order valence-corrected chi connectivity index (χ4v) is 3.54. The molecule has 2 aromatic carbocycles. The minimum Gasteiger partial charge on any atom is -0.356 e. The van der Waals surface area contributed by atoms with E-state index in [9.17, 15) is 4.79 Å². The van der Waals surface area contributed by atoms with Crippen molar-refractivity contribution in [2.75, 3.05) is 23.3 Å². The quantitative estimate of drug-likeness (QED) is 0.725. The highest BCUT2D eigenvalue weighted by molar-refractivity contribution is 6.03. The molecule has 1 aromatic heterocycles. The number of nitrogens with one attached hydrogen (secondary N) is 1. The monoisotopic (exact) mass is 372 g/mol. The van der Waals surface area contributed by atoms with Crippen molar-refractivity contribution in [2.24, 2.45) is 5.92 Å². The lowest BCUT2D eigenvalue weighted by molar-refractivity contribution is 0.102. The van der Waals surface area contributed by atoms with Crippen molar-refractivity contribution in [2.45, 2.75) is 19.8 Å². The lowest BCUT2D eigenvalue weighted by Gasteiger charge is -2.32. The molecule has 1 aliphatic rings. The van der Waals surface area contributed by atoms with E-state index in [1.165, 1.54) is 6.42 Å². The molecule has 3 aromatic rings. The molecule has 0 spiro atoms. The number of amides is 1. The molecule has 1 atom stereocenters. The first-order chi connectivity index (χ1) is 13.7. The topological polar surface area (TPSA) is 58.1 Å². The summed E-state index contributed by atoms with van der Waals surface area (Å²) in [5.41, 5.74) is 2.04. The standard InChI is InChI=1S/C23H24N4O/c1-17-9-8-14-27(16-17)21-15-20(23(28)24-19-12-6-3-7-13-19)25-22(26-21)18-10-4-2-5-11-18/h2-7,10-13,15,17H,8-9,14,16H2,1H3,(H,24,28). The normalized spacial score (nSPS) is 16.6. The Balaban J connectivity index is 1.70. The maximum Gasteiger partial charge on any atom is 0.274 e. The van der Waals surface area contributed by atoms with E-state index < -0.39 is 0 Å². The van der Waals surface area contributed by atoms with Gasteiger partial charge in [0, 0.05) is 30.4 Å². The highest BCUT2D eigenvalue weighted by Crippen LogP contribution is 2.25. The first kappa shape index (κ1) is 18.2. The van der Waals surface area contributed by atoms with Crippen molar-refractivity contribution in [3.63, 3.8) is 0 Å². The van der Waals surface area contributed by atoms with Crippen LogP contribution in [0.3, 0.4) is 0 Å². The molecule has 1 N–H and O–H groups in total. The fourth-order valence-electron chi connectivity index (χ4n) is 3.54. The number of carbonyl (C=O) groups is 1. The minimum atomic E-state index is -0.225. The maximum atomic E-state index is 12.9. The molecule has 1 unspecified atom stereocenters. The molecule has 1 saturated heterocycles. The van der Waals surface area contributed by atoms with Gasteiger partial charge in [0.1, 0.15) is 11.5 Å². The first-order valence-electron chi connectivity index (χ1n) is 9.75. The average molecular weight is 372 g/mol. The summed E-state index contributed by atoms with van der Waals surface area (Å²) in [4.78, 5) is 24.5. The molecular formula is C23H24N4O. The Morgan fingerprint density at radius 3 is 2.46 bits per heavy atom. The summed E-state index contributed by atoms with van der Waals surface area (Å²) >= 11 is 0. The summed E-state index contributed by atoms with van der Waals surface area (Å²) in [7, 11) is 0. The van der Waals surface area contributed by atoms with Crippen LogP contribution in [0.4, 0.5) is 11.5 Å². The van der Waals surface area contributed by atoms with Gasteiger partial charge in [0.2, 0.25) is 0 Å². The minimum absolute atomic E-state index is 0.225. The predicted octanol–water partition coefficient (Wildman–Crippen LogP) is 4.63. The molecule has 5 nitrogen and oxygen atoms in total. The number of anilines is 2. The van der Waals surface area contributed by atoms with Crippen molar-refractivity contribution >= 4 is 17.4 Å². The Hall–Kier alpha value is -3.21. The van der Waals surface area contributed by atoms with Gasteiger partial charge < -0.3 is 10.2 Å². The van der Waals surface area contributed by atoms with E-state index in [4.69, 9.17) is 4.98 Å². The zero-order chi connectivity index (χ0) is 19.3. The highest BCUT2D eigenvalue weighted by atomic mass is 16.1. The van der Waals surface area contributed by atoms with Crippen molar-refractivity contribution in [3.05, 3.63) is 72.4 Å². The molecule has 28 heavy (non-hydrogen) atoms. The highest BCUT2D eigenvalue weighted by Gasteiger charge is 2.21. The SMILES string of the molecule is CC1CCCN(c2cc(C(=O)Nc3ccccc3)nc(-c3ccccc3)n2)C1. The van der Waals surface area contributed by atoms with Crippen LogP contribution in [-0.4, -0.2) is 29.0 Å². The molecular weight excluding hydrogens is 348 g/mol. The zero-order valence-corrected chi connectivity index (χ0v) is 16.0. The molecule has 0 aliphatic carbocycles. The number of hydrogen-bond donors (Lipinski definition) is 1. The van der Waals surface area contributed by atoms with Crippen LogP contribution in [0.1, 0.15) is 30.3 Å². The van der Waals surface area contributed by atoms with Crippen molar-refractivity contribution in [3.8, 4) is 11.4 Å². The van der Waals surface area contributed by atoms with Crippen LogP contribution < -0.4 is 10.2 Å². The van der Waals surface area contributed by atoms with E-state index in [1.807, 2.05) is 66.7 Å². The Bertz CT molecular complexity index is 943. The van der Waals surface area contributed by atoms with Crippen LogP contribution in [0.15, 0.2) is 66.7 Å². The molecule has 1 amide bonds. The number of rotatable bonds is 4. The van der Waals surface area contributed by atoms with Crippen LogP contribution in [0.5, 0.6) is 0 Å². The van der Waals surface area contributed by atoms with Crippen LogP contribution in [0, 0.1) is 5.92 Å². The smallest absolute Gasteiger partial charge is 0.274 e. The molecule has 0 bridgehead atoms. The van der Waals surface area contributed by atoms with Crippen molar-refractivity contribution < 1.29 is 4.79 Å². The summed E-state index contributed by atoms with van der Waals surface area (Å²) in [5.74, 6) is 1.79. The summed E-state index contributed by atoms with van der Waals surface area (Å²) in [6.45, 7) is 4.16. The lowest BCUT2D eigenvalue weighted by atomic mass is 10.0. The number of nitrogens with zero attached hydrogens (tertiary/aromatic N) is 3. The Kier molecular flexibility index (Phi) is 5.33. The largest absolute Gasteiger partial charge is 0.356 e. The zero-order valence-electron chi connectivity index (χ0n) is 16.0. The second-order valence-electron chi connectivity index (χ2n) is 7.31. The van der Waals surface area contributed by atoms with Crippen LogP contribution in [-0.2, 0) is 0 Å². The number of aromatic nitrogens is 2. The summed E-state index contributed by atoms with van der Waals surface area (Å²) in [5, 5.41) is 2.93. The van der Waals surface area contributed by atoms with Crippen molar-refractivity contribution in [1.82, 2.24) is 9.97 Å². The average Bonchev–Trinajstić information content (AvgIpc) is 2.75. The van der Waals surface area contributed by atoms with Gasteiger partial charge in [-0.1, -0.05) is 55.5 Å². The van der Waals surface area contributed by atoms with Gasteiger partial charge in [-0.2, -0.15) is 0 Å². The Morgan fingerprint density at radius 2 is 1.75 bits per heavy atom. The third-order valence-corrected chi connectivity index (χ3v) is 4.99. The first-order valence-corrected chi connectivity index (χ1v) is 9.75. The molecule has 142 valence electrons. The van der Waals surface area contributed by atoms with Gasteiger partial charge in [-0.3, -0.25) is 4.79 Å². The summed E-state index contributed by atoms with van der Waals surface area (Å²) in [6.07, 6.45) is 2.37. The molecule has 5 heteroatoms. The molecule has 2 heterocycles. The van der Waals surface area contributed by atoms with Crippen molar-refractivity contribution in [1.29, 1.82) is 0 Å². The predicted molar refractivity (Wildman–Crippen MR) is 112 cm³/mol. The van der Waals surface area contributed by atoms with Crippen LogP contribution >= 0.6 is 0 Å². The maximum absolute atomic E-state index is 12.9. The molecule has 4 rings (SSSR count). The van der Waals surface area contributed by atoms with Gasteiger partial charge in [-0.05, 0) is 30.9 Å². The molecule has 1 aliphatic heterocycles. The van der Waals surface area contributed by atoms with E-state index in [1.54, 1.807) is 0 Å². The van der Waals surface area contributed by atoms with Gasteiger partial charge in [0.25, 0.3) is 5.91 Å². The lowest BCUT2D eigenvalue weighted by Crippen LogP contribution is -2.35. The Morgan fingerprint density at radius 1 is 1.04 bits per heavy atom. The third-order valence-electron chi connectivity index (χ3n) is 4.99. The van der Waals surface area contributed by atoms with Crippen LogP contribution in [0.2, 0.25) is 0 Å². The van der Waals surface area contributed by atoms with E-state index in [0.717, 1.165) is 36.6 Å². The van der Waals surface area contributed by atoms with E-state index in [-0.39, 0.29) is 5.91 Å². The van der Waals surface area contributed by atoms with Gasteiger partial charge >= 0.3 is 0 Å². The number of piperidine rings is 1. The second kappa shape index (κ2) is 8.21. The molecule has 0 radical (unpaired) electrons. The molecule has 0 saturated carbocycles. The van der Waals surface area contributed by atoms with E-state index in [2.05, 4.69) is 22.1 Å². The van der Waals surface area contributed by atoms with Gasteiger partial charge in [-0.25, -0.2) is 9.97 Å². The number of para-hydroxylation sites is 1. The van der Waals surface area contributed by atoms with Gasteiger partial charge in [0.15, 0.2) is 5.82 Å².